The van der Waals surface area contributed by atoms with E-state index in [9.17, 15) is 4.79 Å². The van der Waals surface area contributed by atoms with Gasteiger partial charge < -0.3 is 10.4 Å². The molecular weight excluding hydrogens is 190 g/mol. The van der Waals surface area contributed by atoms with Crippen LogP contribution < -0.4 is 5.32 Å². The van der Waals surface area contributed by atoms with Crippen molar-refractivity contribution in [1.29, 1.82) is 0 Å². The van der Waals surface area contributed by atoms with Crippen molar-refractivity contribution in [3.05, 3.63) is 41.0 Å². The van der Waals surface area contributed by atoms with Gasteiger partial charge in [-0.3, -0.25) is 0 Å². The van der Waals surface area contributed by atoms with Gasteiger partial charge in [-0.2, -0.15) is 0 Å². The molecule has 3 nitrogen and oxygen atoms in total. The molecule has 1 aliphatic heterocycles. The maximum Gasteiger partial charge on any atom is 0.328 e. The van der Waals surface area contributed by atoms with Gasteiger partial charge in [-0.25, -0.2) is 4.79 Å². The Labute approximate surface area is 88.4 Å². The van der Waals surface area contributed by atoms with Crippen LogP contribution in [0.2, 0.25) is 0 Å². The Hall–Kier alpha value is -1.61. The van der Waals surface area contributed by atoms with Crippen molar-refractivity contribution in [2.24, 2.45) is 0 Å². The molecule has 0 radical (unpaired) electrons. The van der Waals surface area contributed by atoms with Gasteiger partial charge in [0.1, 0.15) is 0 Å². The zero-order chi connectivity index (χ0) is 10.7. The van der Waals surface area contributed by atoms with E-state index in [1.54, 1.807) is 6.08 Å². The first-order chi connectivity index (χ1) is 7.25. The lowest BCUT2D eigenvalue weighted by Crippen LogP contribution is -2.23. The van der Waals surface area contributed by atoms with Gasteiger partial charge in [0.25, 0.3) is 0 Å². The number of aliphatic carboxylic acids is 1. The predicted octanol–water partition coefficient (Wildman–Crippen LogP) is 1.43. The second-order valence-corrected chi connectivity index (χ2v) is 3.63. The highest BCUT2D eigenvalue weighted by Crippen LogP contribution is 2.16. The Kier molecular flexibility index (Phi) is 2.83. The van der Waals surface area contributed by atoms with Crippen molar-refractivity contribution in [1.82, 2.24) is 5.32 Å². The maximum atomic E-state index is 10.4. The minimum Gasteiger partial charge on any atom is -0.478 e. The molecule has 0 aliphatic carbocycles. The minimum atomic E-state index is -0.911. The van der Waals surface area contributed by atoms with Gasteiger partial charge in [0.05, 0.1) is 0 Å². The van der Waals surface area contributed by atoms with Gasteiger partial charge in [0, 0.05) is 12.6 Å². The quantitative estimate of drug-likeness (QED) is 0.715. The monoisotopic (exact) mass is 203 g/mol. The molecule has 0 spiro atoms. The van der Waals surface area contributed by atoms with Crippen LogP contribution in [0.15, 0.2) is 24.3 Å². The van der Waals surface area contributed by atoms with Gasteiger partial charge in [-0.15, -0.1) is 0 Å². The summed E-state index contributed by atoms with van der Waals surface area (Å²) in [5.74, 6) is -0.911. The molecule has 1 aromatic carbocycles. The molecule has 0 amide bonds. The summed E-state index contributed by atoms with van der Waals surface area (Å²) in [6, 6.07) is 6.09. The molecular formula is C12H13NO2. The number of carbonyl (C=O) groups is 1. The second kappa shape index (κ2) is 4.28. The lowest BCUT2D eigenvalue weighted by molar-refractivity contribution is -0.131. The van der Waals surface area contributed by atoms with E-state index >= 15 is 0 Å². The van der Waals surface area contributed by atoms with Crippen molar-refractivity contribution < 1.29 is 9.90 Å². The zero-order valence-corrected chi connectivity index (χ0v) is 8.36. The van der Waals surface area contributed by atoms with Crippen molar-refractivity contribution in [3.8, 4) is 0 Å². The molecule has 2 rings (SSSR count). The lowest BCUT2D eigenvalue weighted by Gasteiger charge is -2.17. The third kappa shape index (κ3) is 2.44. The highest BCUT2D eigenvalue weighted by molar-refractivity contribution is 5.85. The average Bonchev–Trinajstić information content (AvgIpc) is 2.26. The van der Waals surface area contributed by atoms with E-state index in [0.717, 1.165) is 31.1 Å². The van der Waals surface area contributed by atoms with Crippen LogP contribution in [-0.4, -0.2) is 17.6 Å². The first kappa shape index (κ1) is 9.93. The summed E-state index contributed by atoms with van der Waals surface area (Å²) < 4.78 is 0. The number of carboxylic acids is 1. The molecule has 15 heavy (non-hydrogen) atoms. The van der Waals surface area contributed by atoms with Crippen LogP contribution in [0.3, 0.4) is 0 Å². The molecule has 1 aliphatic rings. The molecule has 0 atom stereocenters. The summed E-state index contributed by atoms with van der Waals surface area (Å²) in [7, 11) is 0. The smallest absolute Gasteiger partial charge is 0.328 e. The van der Waals surface area contributed by atoms with Gasteiger partial charge in [-0.1, -0.05) is 18.2 Å². The fraction of sp³-hybridized carbons (Fsp3) is 0.250. The fourth-order valence-corrected chi connectivity index (χ4v) is 1.77. The first-order valence-corrected chi connectivity index (χ1v) is 4.99. The molecule has 0 fully saturated rings. The topological polar surface area (TPSA) is 49.3 Å². The molecule has 0 unspecified atom stereocenters. The number of benzene rings is 1. The summed E-state index contributed by atoms with van der Waals surface area (Å²) >= 11 is 0. The Balaban J connectivity index is 2.24. The third-order valence-corrected chi connectivity index (χ3v) is 2.54. The summed E-state index contributed by atoms with van der Waals surface area (Å²) in [6.45, 7) is 1.90. The maximum absolute atomic E-state index is 10.4. The van der Waals surface area contributed by atoms with Crippen molar-refractivity contribution in [2.45, 2.75) is 13.0 Å². The molecule has 1 aromatic rings. The van der Waals surface area contributed by atoms with Crippen LogP contribution >= 0.6 is 0 Å². The van der Waals surface area contributed by atoms with Crippen LogP contribution in [0.5, 0.6) is 0 Å². The number of hydrogen-bond acceptors (Lipinski definition) is 2. The van der Waals surface area contributed by atoms with Gasteiger partial charge in [0.15, 0.2) is 0 Å². The molecule has 0 saturated carbocycles. The average molecular weight is 203 g/mol. The van der Waals surface area contributed by atoms with Crippen molar-refractivity contribution >= 4 is 12.0 Å². The van der Waals surface area contributed by atoms with Crippen LogP contribution in [0.4, 0.5) is 0 Å². The van der Waals surface area contributed by atoms with E-state index in [0.29, 0.717) is 0 Å². The summed E-state index contributed by atoms with van der Waals surface area (Å²) in [4.78, 5) is 10.4. The second-order valence-electron chi connectivity index (χ2n) is 3.63. The third-order valence-electron chi connectivity index (χ3n) is 2.54. The molecule has 3 heteroatoms. The Morgan fingerprint density at radius 2 is 2.27 bits per heavy atom. The van der Waals surface area contributed by atoms with Crippen molar-refractivity contribution in [2.75, 3.05) is 6.54 Å². The van der Waals surface area contributed by atoms with E-state index in [4.69, 9.17) is 5.11 Å². The molecule has 0 saturated heterocycles. The highest BCUT2D eigenvalue weighted by Gasteiger charge is 2.07. The number of fused-ring (bicyclic) bond motifs is 1. The molecule has 0 aromatic heterocycles. The molecule has 78 valence electrons. The first-order valence-electron chi connectivity index (χ1n) is 4.99. The predicted molar refractivity (Wildman–Crippen MR) is 58.5 cm³/mol. The van der Waals surface area contributed by atoms with Gasteiger partial charge in [0.2, 0.25) is 0 Å². The normalized spacial score (nSPS) is 15.2. The van der Waals surface area contributed by atoms with E-state index < -0.39 is 5.97 Å². The summed E-state index contributed by atoms with van der Waals surface area (Å²) in [5.41, 5.74) is 3.58. The van der Waals surface area contributed by atoms with Crippen LogP contribution in [-0.2, 0) is 17.8 Å². The lowest BCUT2D eigenvalue weighted by atomic mass is 9.98. The van der Waals surface area contributed by atoms with E-state index in [-0.39, 0.29) is 0 Å². The molecule has 0 bridgehead atoms. The fourth-order valence-electron chi connectivity index (χ4n) is 1.77. The van der Waals surface area contributed by atoms with Gasteiger partial charge in [-0.05, 0) is 35.7 Å². The number of nitrogens with one attached hydrogen (secondary N) is 1. The Morgan fingerprint density at radius 1 is 1.40 bits per heavy atom. The zero-order valence-electron chi connectivity index (χ0n) is 8.36. The standard InChI is InChI=1S/C12H13NO2/c14-12(15)4-2-9-1-3-10-5-6-13-8-11(10)7-9/h1-4,7,13H,5-6,8H2,(H,14,15)/b4-2+. The Morgan fingerprint density at radius 3 is 3.07 bits per heavy atom. The molecule has 2 N–H and O–H groups in total. The SMILES string of the molecule is O=C(O)/C=C/c1ccc2c(c1)CNCC2. The van der Waals surface area contributed by atoms with E-state index in [1.807, 2.05) is 12.1 Å². The minimum absolute atomic E-state index is 0.879. The molecule has 1 heterocycles. The number of rotatable bonds is 2. The van der Waals surface area contributed by atoms with Crippen LogP contribution in [0.25, 0.3) is 6.08 Å². The van der Waals surface area contributed by atoms with Crippen LogP contribution in [0, 0.1) is 0 Å². The highest BCUT2D eigenvalue weighted by atomic mass is 16.4. The van der Waals surface area contributed by atoms with E-state index in [1.165, 1.54) is 11.1 Å². The van der Waals surface area contributed by atoms with E-state index in [2.05, 4.69) is 11.4 Å². The van der Waals surface area contributed by atoms with Crippen molar-refractivity contribution in [3.63, 3.8) is 0 Å². The van der Waals surface area contributed by atoms with Crippen LogP contribution in [0.1, 0.15) is 16.7 Å². The number of hydrogen-bond donors (Lipinski definition) is 2. The summed E-state index contributed by atoms with van der Waals surface area (Å²) in [5, 5.41) is 11.8. The Bertz CT molecular complexity index is 410. The number of carboxylic acid groups (broad SMARTS) is 1. The van der Waals surface area contributed by atoms with Gasteiger partial charge >= 0.3 is 5.97 Å². The summed E-state index contributed by atoms with van der Waals surface area (Å²) in [6.07, 6.45) is 3.84. The largest absolute Gasteiger partial charge is 0.478 e.